The molecule has 1 unspecified atom stereocenters. The van der Waals surface area contributed by atoms with Gasteiger partial charge >= 0.3 is 0 Å². The monoisotopic (exact) mass is 228 g/mol. The van der Waals surface area contributed by atoms with E-state index in [1.807, 2.05) is 0 Å². The molecule has 0 amide bonds. The Hall–Kier alpha value is 0.160. The molecule has 0 saturated carbocycles. The Balaban J connectivity index is 0.00000144. The summed E-state index contributed by atoms with van der Waals surface area (Å²) < 4.78 is 24.4. The zero-order chi connectivity index (χ0) is 9.19. The minimum atomic E-state index is -3.01. The summed E-state index contributed by atoms with van der Waals surface area (Å²) in [6, 6.07) is 0.0509. The molecule has 1 aliphatic rings. The van der Waals surface area contributed by atoms with Crippen LogP contribution in [0, 0.1) is 0 Å². The van der Waals surface area contributed by atoms with Crippen LogP contribution >= 0.6 is 12.4 Å². The van der Waals surface area contributed by atoms with Gasteiger partial charge < -0.3 is 5.73 Å². The molecule has 0 aromatic carbocycles. The van der Waals surface area contributed by atoms with Crippen molar-refractivity contribution < 1.29 is 8.42 Å². The van der Waals surface area contributed by atoms with Gasteiger partial charge in [-0.3, -0.25) is 0 Å². The molecule has 0 spiro atoms. The molecule has 0 radical (unpaired) electrons. The zero-order valence-corrected chi connectivity index (χ0v) is 9.40. The molecule has 0 aliphatic carbocycles. The van der Waals surface area contributed by atoms with E-state index < -0.39 is 10.0 Å². The van der Waals surface area contributed by atoms with E-state index in [0.717, 1.165) is 12.8 Å². The summed E-state index contributed by atoms with van der Waals surface area (Å²) in [6.45, 7) is 2.76. The molecule has 13 heavy (non-hydrogen) atoms. The van der Waals surface area contributed by atoms with Gasteiger partial charge in [0, 0.05) is 19.1 Å². The van der Waals surface area contributed by atoms with Gasteiger partial charge in [0.1, 0.15) is 0 Å². The van der Waals surface area contributed by atoms with Crippen molar-refractivity contribution in [3.05, 3.63) is 0 Å². The topological polar surface area (TPSA) is 63.4 Å². The van der Waals surface area contributed by atoms with Crippen LogP contribution in [0.1, 0.15) is 19.8 Å². The molecule has 0 aromatic heterocycles. The molecule has 0 bridgehead atoms. The Morgan fingerprint density at radius 1 is 1.54 bits per heavy atom. The highest BCUT2D eigenvalue weighted by molar-refractivity contribution is 7.89. The van der Waals surface area contributed by atoms with Crippen LogP contribution in [-0.2, 0) is 10.0 Å². The van der Waals surface area contributed by atoms with E-state index in [1.165, 1.54) is 0 Å². The van der Waals surface area contributed by atoms with Crippen LogP contribution in [0.5, 0.6) is 0 Å². The predicted octanol–water partition coefficient (Wildman–Crippen LogP) is 0.181. The standard InChI is InChI=1S/C7H16N2O2S.ClH/c1-2-12(10,11)9-5-3-4-7(9)6-8;/h7H,2-6,8H2,1H3;1H. The van der Waals surface area contributed by atoms with Gasteiger partial charge in [-0.15, -0.1) is 12.4 Å². The number of hydrogen-bond donors (Lipinski definition) is 1. The molecule has 4 nitrogen and oxygen atoms in total. The molecule has 1 rings (SSSR count). The van der Waals surface area contributed by atoms with Gasteiger partial charge in [-0.2, -0.15) is 4.31 Å². The van der Waals surface area contributed by atoms with Crippen molar-refractivity contribution in [2.75, 3.05) is 18.8 Å². The van der Waals surface area contributed by atoms with Gasteiger partial charge in [-0.25, -0.2) is 8.42 Å². The maximum Gasteiger partial charge on any atom is 0.214 e. The summed E-state index contributed by atoms with van der Waals surface area (Å²) in [5.41, 5.74) is 5.47. The van der Waals surface area contributed by atoms with E-state index in [4.69, 9.17) is 5.73 Å². The molecule has 1 saturated heterocycles. The fourth-order valence-electron chi connectivity index (χ4n) is 1.58. The second-order valence-electron chi connectivity index (χ2n) is 3.04. The van der Waals surface area contributed by atoms with E-state index in [9.17, 15) is 8.42 Å². The third kappa shape index (κ3) is 2.80. The average molecular weight is 229 g/mol. The lowest BCUT2D eigenvalue weighted by molar-refractivity contribution is 0.394. The number of sulfonamides is 1. The molecule has 6 heteroatoms. The zero-order valence-electron chi connectivity index (χ0n) is 7.77. The number of rotatable bonds is 3. The Bertz CT molecular complexity index is 243. The normalized spacial score (nSPS) is 24.3. The lowest BCUT2D eigenvalue weighted by Crippen LogP contribution is -2.40. The van der Waals surface area contributed by atoms with Crippen LogP contribution in [0.3, 0.4) is 0 Å². The lowest BCUT2D eigenvalue weighted by Gasteiger charge is -2.21. The number of hydrogen-bond acceptors (Lipinski definition) is 3. The first-order chi connectivity index (χ1) is 5.61. The van der Waals surface area contributed by atoms with Gasteiger partial charge in [-0.1, -0.05) is 0 Å². The van der Waals surface area contributed by atoms with Crippen molar-refractivity contribution in [2.24, 2.45) is 5.73 Å². The van der Waals surface area contributed by atoms with E-state index in [1.54, 1.807) is 11.2 Å². The summed E-state index contributed by atoms with van der Waals surface area (Å²) in [5, 5.41) is 0. The number of halogens is 1. The molecule has 1 aliphatic heterocycles. The molecule has 1 atom stereocenters. The Morgan fingerprint density at radius 3 is 2.62 bits per heavy atom. The number of nitrogens with two attached hydrogens (primary N) is 1. The first kappa shape index (κ1) is 13.2. The second kappa shape index (κ2) is 5.14. The minimum absolute atomic E-state index is 0. The first-order valence-electron chi connectivity index (χ1n) is 4.31. The summed E-state index contributed by atoms with van der Waals surface area (Å²) in [4.78, 5) is 0. The molecular formula is C7H17ClN2O2S. The largest absolute Gasteiger partial charge is 0.329 e. The van der Waals surface area contributed by atoms with Crippen LogP contribution in [-0.4, -0.2) is 37.6 Å². The molecule has 1 heterocycles. The minimum Gasteiger partial charge on any atom is -0.329 e. The fraction of sp³-hybridized carbons (Fsp3) is 1.00. The number of nitrogens with zero attached hydrogens (tertiary/aromatic N) is 1. The SMILES string of the molecule is CCS(=O)(=O)N1CCCC1CN.Cl. The molecular weight excluding hydrogens is 212 g/mol. The quantitative estimate of drug-likeness (QED) is 0.750. The first-order valence-corrected chi connectivity index (χ1v) is 5.92. The predicted molar refractivity (Wildman–Crippen MR) is 55.5 cm³/mol. The summed E-state index contributed by atoms with van der Waals surface area (Å²) in [5.74, 6) is 0.184. The van der Waals surface area contributed by atoms with E-state index in [2.05, 4.69) is 0 Å². The summed E-state index contributed by atoms with van der Waals surface area (Å²) in [7, 11) is -3.01. The van der Waals surface area contributed by atoms with Crippen LogP contribution < -0.4 is 5.73 Å². The Morgan fingerprint density at radius 2 is 2.15 bits per heavy atom. The van der Waals surface area contributed by atoms with Gasteiger partial charge in [0.2, 0.25) is 10.0 Å². The molecule has 0 aromatic rings. The van der Waals surface area contributed by atoms with Gasteiger partial charge in [0.15, 0.2) is 0 Å². The van der Waals surface area contributed by atoms with Gasteiger partial charge in [0.25, 0.3) is 0 Å². The van der Waals surface area contributed by atoms with Crippen molar-refractivity contribution in [3.63, 3.8) is 0 Å². The molecule has 80 valence electrons. The van der Waals surface area contributed by atoms with E-state index in [0.29, 0.717) is 13.1 Å². The second-order valence-corrected chi connectivity index (χ2v) is 5.25. The van der Waals surface area contributed by atoms with Crippen LogP contribution in [0.25, 0.3) is 0 Å². The van der Waals surface area contributed by atoms with Gasteiger partial charge in [0.05, 0.1) is 5.75 Å². The summed E-state index contributed by atoms with van der Waals surface area (Å²) >= 11 is 0. The Kier molecular flexibility index (Phi) is 5.21. The van der Waals surface area contributed by atoms with Crippen molar-refractivity contribution in [2.45, 2.75) is 25.8 Å². The van der Waals surface area contributed by atoms with Crippen molar-refractivity contribution >= 4 is 22.4 Å². The maximum atomic E-state index is 11.4. The van der Waals surface area contributed by atoms with E-state index >= 15 is 0 Å². The van der Waals surface area contributed by atoms with Crippen molar-refractivity contribution in [1.29, 1.82) is 0 Å². The smallest absolute Gasteiger partial charge is 0.214 e. The highest BCUT2D eigenvalue weighted by Crippen LogP contribution is 2.19. The fourth-order valence-corrected chi connectivity index (χ4v) is 2.96. The van der Waals surface area contributed by atoms with Crippen molar-refractivity contribution in [1.82, 2.24) is 4.31 Å². The Labute approximate surface area is 85.9 Å². The van der Waals surface area contributed by atoms with Gasteiger partial charge in [-0.05, 0) is 19.8 Å². The molecule has 1 fully saturated rings. The lowest BCUT2D eigenvalue weighted by atomic mass is 10.2. The van der Waals surface area contributed by atoms with Crippen LogP contribution in [0.4, 0.5) is 0 Å². The third-order valence-corrected chi connectivity index (χ3v) is 4.24. The molecule has 2 N–H and O–H groups in total. The average Bonchev–Trinajstić information content (AvgIpc) is 2.52. The third-order valence-electron chi connectivity index (χ3n) is 2.32. The van der Waals surface area contributed by atoms with Crippen LogP contribution in [0.2, 0.25) is 0 Å². The van der Waals surface area contributed by atoms with E-state index in [-0.39, 0.29) is 24.2 Å². The highest BCUT2D eigenvalue weighted by Gasteiger charge is 2.31. The van der Waals surface area contributed by atoms with Crippen molar-refractivity contribution in [3.8, 4) is 0 Å². The maximum absolute atomic E-state index is 11.4. The summed E-state index contributed by atoms with van der Waals surface area (Å²) in [6.07, 6.45) is 1.86. The van der Waals surface area contributed by atoms with Crippen LogP contribution in [0.15, 0.2) is 0 Å². The highest BCUT2D eigenvalue weighted by atomic mass is 35.5.